The molecular formula is C16H21N5O3S. The van der Waals surface area contributed by atoms with Crippen molar-refractivity contribution < 1.29 is 9.59 Å². The molecule has 0 fully saturated rings. The number of rotatable bonds is 7. The van der Waals surface area contributed by atoms with Crippen molar-refractivity contribution in [1.82, 2.24) is 20.1 Å². The molecule has 134 valence electrons. The van der Waals surface area contributed by atoms with Gasteiger partial charge in [0.15, 0.2) is 5.16 Å². The number of carbonyl (C=O) groups excluding carboxylic acids is 2. The van der Waals surface area contributed by atoms with Crippen molar-refractivity contribution in [3.05, 3.63) is 40.3 Å². The van der Waals surface area contributed by atoms with Crippen molar-refractivity contribution >= 4 is 29.4 Å². The first kappa shape index (κ1) is 18.8. The molecule has 0 saturated carbocycles. The third kappa shape index (κ3) is 5.79. The highest BCUT2D eigenvalue weighted by atomic mass is 32.2. The van der Waals surface area contributed by atoms with Gasteiger partial charge in [0.1, 0.15) is 0 Å². The molecule has 3 amide bonds. The number of hydrogen-bond acceptors (Lipinski definition) is 5. The second-order valence-corrected chi connectivity index (χ2v) is 6.42. The molecular weight excluding hydrogens is 342 g/mol. The molecule has 25 heavy (non-hydrogen) atoms. The van der Waals surface area contributed by atoms with Gasteiger partial charge in [0, 0.05) is 12.2 Å². The fraction of sp³-hybridized carbons (Fsp3) is 0.375. The number of carbonyl (C=O) groups is 2. The molecule has 9 heteroatoms. The molecule has 2 rings (SSSR count). The van der Waals surface area contributed by atoms with Gasteiger partial charge < -0.3 is 5.32 Å². The summed E-state index contributed by atoms with van der Waals surface area (Å²) < 4.78 is 1.49. The Balaban J connectivity index is 1.83. The third-order valence-electron chi connectivity index (χ3n) is 3.35. The monoisotopic (exact) mass is 363 g/mol. The maximum atomic E-state index is 11.9. The van der Waals surface area contributed by atoms with E-state index < -0.39 is 11.9 Å². The van der Waals surface area contributed by atoms with Crippen LogP contribution >= 0.6 is 11.8 Å². The van der Waals surface area contributed by atoms with Gasteiger partial charge in [-0.3, -0.25) is 14.7 Å². The van der Waals surface area contributed by atoms with Gasteiger partial charge in [-0.05, 0) is 25.5 Å². The summed E-state index contributed by atoms with van der Waals surface area (Å²) in [4.78, 5) is 35.3. The van der Waals surface area contributed by atoms with E-state index in [2.05, 4.69) is 20.8 Å². The zero-order valence-electron chi connectivity index (χ0n) is 14.2. The summed E-state index contributed by atoms with van der Waals surface area (Å²) in [6.45, 7) is 4.52. The number of benzene rings is 1. The molecule has 0 radical (unpaired) electrons. The van der Waals surface area contributed by atoms with Crippen LogP contribution in [0.4, 0.5) is 10.5 Å². The zero-order valence-corrected chi connectivity index (χ0v) is 15.0. The Morgan fingerprint density at radius 1 is 1.28 bits per heavy atom. The molecule has 0 atom stereocenters. The minimum Gasteiger partial charge on any atom is -0.308 e. The molecule has 1 heterocycles. The Morgan fingerprint density at radius 3 is 2.68 bits per heavy atom. The highest BCUT2D eigenvalue weighted by molar-refractivity contribution is 7.99. The van der Waals surface area contributed by atoms with Gasteiger partial charge in [0.25, 0.3) is 0 Å². The number of nitrogens with zero attached hydrogens (tertiary/aromatic N) is 2. The highest BCUT2D eigenvalue weighted by Gasteiger charge is 2.13. The summed E-state index contributed by atoms with van der Waals surface area (Å²) in [5.74, 6) is -0.482. The smallest absolute Gasteiger partial charge is 0.308 e. The van der Waals surface area contributed by atoms with Crippen molar-refractivity contribution in [2.75, 3.05) is 11.1 Å². The van der Waals surface area contributed by atoms with Gasteiger partial charge in [-0.2, -0.15) is 0 Å². The molecule has 8 nitrogen and oxygen atoms in total. The number of aromatic nitrogens is 3. The molecule has 1 aromatic carbocycles. The lowest BCUT2D eigenvalue weighted by Gasteiger charge is -2.07. The quantitative estimate of drug-likeness (QED) is 0.653. The van der Waals surface area contributed by atoms with E-state index in [0.717, 1.165) is 30.2 Å². The van der Waals surface area contributed by atoms with Crippen LogP contribution in [-0.2, 0) is 11.3 Å². The van der Waals surface area contributed by atoms with E-state index in [9.17, 15) is 14.4 Å². The van der Waals surface area contributed by atoms with Gasteiger partial charge in [0.05, 0.1) is 5.75 Å². The van der Waals surface area contributed by atoms with Crippen LogP contribution in [0, 0.1) is 6.92 Å². The lowest BCUT2D eigenvalue weighted by molar-refractivity contribution is -0.117. The average molecular weight is 363 g/mol. The average Bonchev–Trinajstić information content (AvgIpc) is 2.93. The van der Waals surface area contributed by atoms with Crippen LogP contribution in [0.25, 0.3) is 0 Å². The predicted octanol–water partition coefficient (Wildman–Crippen LogP) is 2.12. The van der Waals surface area contributed by atoms with Crippen molar-refractivity contribution in [3.63, 3.8) is 0 Å². The molecule has 3 N–H and O–H groups in total. The maximum absolute atomic E-state index is 11.9. The number of anilines is 1. The predicted molar refractivity (Wildman–Crippen MR) is 96.8 cm³/mol. The molecule has 2 aromatic rings. The minimum atomic E-state index is -0.597. The first-order valence-electron chi connectivity index (χ1n) is 7.95. The molecule has 1 aromatic heterocycles. The normalized spacial score (nSPS) is 10.5. The van der Waals surface area contributed by atoms with E-state index >= 15 is 0 Å². The van der Waals surface area contributed by atoms with Crippen LogP contribution in [0.5, 0.6) is 0 Å². The topological polar surface area (TPSA) is 109 Å². The van der Waals surface area contributed by atoms with Crippen LogP contribution < -0.4 is 16.3 Å². The Kier molecular flexibility index (Phi) is 6.81. The fourth-order valence-corrected chi connectivity index (χ4v) is 2.79. The van der Waals surface area contributed by atoms with Crippen LogP contribution in [-0.4, -0.2) is 32.5 Å². The van der Waals surface area contributed by atoms with Crippen molar-refractivity contribution in [1.29, 1.82) is 0 Å². The summed E-state index contributed by atoms with van der Waals surface area (Å²) in [5, 5.41) is 11.5. The zero-order chi connectivity index (χ0) is 18.2. The summed E-state index contributed by atoms with van der Waals surface area (Å²) in [6, 6.07) is 6.63. The van der Waals surface area contributed by atoms with E-state index in [1.54, 1.807) is 12.1 Å². The number of imide groups is 1. The summed E-state index contributed by atoms with van der Waals surface area (Å²) in [7, 11) is 0. The van der Waals surface area contributed by atoms with Crippen molar-refractivity contribution in [2.24, 2.45) is 0 Å². The maximum Gasteiger partial charge on any atom is 0.343 e. The van der Waals surface area contributed by atoms with E-state index in [4.69, 9.17) is 0 Å². The van der Waals surface area contributed by atoms with Crippen LogP contribution in [0.2, 0.25) is 0 Å². The molecule has 0 bridgehead atoms. The SMILES string of the molecule is CCCCn1c(SCC(=O)NC(=O)Nc2ccc(C)cc2)n[nH]c1=O. The Bertz CT molecular complexity index is 782. The van der Waals surface area contributed by atoms with Crippen LogP contribution in [0.15, 0.2) is 34.2 Å². The number of amides is 3. The number of thioether (sulfide) groups is 1. The number of H-pyrrole nitrogens is 1. The number of aryl methyl sites for hydroxylation is 1. The Labute approximate surface area is 149 Å². The Morgan fingerprint density at radius 2 is 2.00 bits per heavy atom. The Hall–Kier alpha value is -2.55. The minimum absolute atomic E-state index is 0.0161. The van der Waals surface area contributed by atoms with E-state index in [1.807, 2.05) is 26.0 Å². The molecule has 0 spiro atoms. The summed E-state index contributed by atoms with van der Waals surface area (Å²) >= 11 is 1.11. The van der Waals surface area contributed by atoms with Gasteiger partial charge >= 0.3 is 11.7 Å². The second-order valence-electron chi connectivity index (χ2n) is 5.47. The third-order valence-corrected chi connectivity index (χ3v) is 4.33. The van der Waals surface area contributed by atoms with Gasteiger partial charge in [-0.1, -0.05) is 42.8 Å². The van der Waals surface area contributed by atoms with E-state index in [-0.39, 0.29) is 11.4 Å². The first-order chi connectivity index (χ1) is 12.0. The second kappa shape index (κ2) is 9.07. The lowest BCUT2D eigenvalue weighted by atomic mass is 10.2. The number of aromatic amines is 1. The molecule has 0 aliphatic heterocycles. The van der Waals surface area contributed by atoms with Crippen LogP contribution in [0.3, 0.4) is 0 Å². The fourth-order valence-electron chi connectivity index (χ4n) is 2.02. The van der Waals surface area contributed by atoms with Crippen molar-refractivity contribution in [3.8, 4) is 0 Å². The highest BCUT2D eigenvalue weighted by Crippen LogP contribution is 2.13. The molecule has 0 unspecified atom stereocenters. The summed E-state index contributed by atoms with van der Waals surface area (Å²) in [5.41, 5.74) is 1.38. The molecule has 0 aliphatic rings. The number of nitrogens with one attached hydrogen (secondary N) is 3. The van der Waals surface area contributed by atoms with E-state index in [0.29, 0.717) is 17.4 Å². The standard InChI is InChI=1S/C16H21N5O3S/c1-3-4-9-21-15(24)19-20-16(21)25-10-13(22)18-14(23)17-12-7-5-11(2)6-8-12/h5-8H,3-4,9-10H2,1-2H3,(H,19,24)(H2,17,18,22,23). The number of hydrogen-bond donors (Lipinski definition) is 3. The number of urea groups is 1. The first-order valence-corrected chi connectivity index (χ1v) is 8.93. The van der Waals surface area contributed by atoms with Gasteiger partial charge in [0.2, 0.25) is 5.91 Å². The van der Waals surface area contributed by atoms with Crippen LogP contribution in [0.1, 0.15) is 25.3 Å². The van der Waals surface area contributed by atoms with Crippen molar-refractivity contribution in [2.45, 2.75) is 38.4 Å². The molecule has 0 saturated heterocycles. The van der Waals surface area contributed by atoms with Gasteiger partial charge in [-0.25, -0.2) is 14.7 Å². The number of unbranched alkanes of at least 4 members (excludes halogenated alkanes) is 1. The largest absolute Gasteiger partial charge is 0.343 e. The van der Waals surface area contributed by atoms with E-state index in [1.165, 1.54) is 4.57 Å². The molecule has 0 aliphatic carbocycles. The lowest BCUT2D eigenvalue weighted by Crippen LogP contribution is -2.35. The summed E-state index contributed by atoms with van der Waals surface area (Å²) in [6.07, 6.45) is 1.79. The van der Waals surface area contributed by atoms with Gasteiger partial charge in [-0.15, -0.1) is 5.10 Å².